The molecule has 0 radical (unpaired) electrons. The molecule has 3 aliphatic carbocycles. The van der Waals surface area contributed by atoms with Gasteiger partial charge in [0.05, 0.1) is 12.6 Å². The molecule has 1 heterocycles. The Balaban J connectivity index is 1.53. The van der Waals surface area contributed by atoms with Crippen LogP contribution in [0.25, 0.3) is 0 Å². The number of ketones is 1. The Hall–Kier alpha value is -2.65. The number of carbonyl (C=O) groups excluding carboxylic acids is 5. The van der Waals surface area contributed by atoms with Crippen molar-refractivity contribution < 1.29 is 28.7 Å². The molecule has 0 aromatic carbocycles. The van der Waals surface area contributed by atoms with Crippen LogP contribution in [0.4, 0.5) is 4.79 Å². The quantitative estimate of drug-likeness (QED) is 0.347. The number of likely N-dealkylation sites (tertiary alicyclic amines) is 1. The third-order valence-electron chi connectivity index (χ3n) is 9.11. The van der Waals surface area contributed by atoms with Gasteiger partial charge in [-0.25, -0.2) is 4.79 Å². The summed E-state index contributed by atoms with van der Waals surface area (Å²) in [5.74, 6) is -2.07. The van der Waals surface area contributed by atoms with E-state index in [1.807, 2.05) is 13.8 Å². The summed E-state index contributed by atoms with van der Waals surface area (Å²) >= 11 is 0. The minimum atomic E-state index is -1.07. The van der Waals surface area contributed by atoms with Crippen molar-refractivity contribution in [2.45, 2.75) is 97.2 Å². The van der Waals surface area contributed by atoms with Crippen molar-refractivity contribution in [2.24, 2.45) is 40.7 Å². The van der Waals surface area contributed by atoms with E-state index in [2.05, 4.69) is 24.5 Å². The highest BCUT2D eigenvalue weighted by Gasteiger charge is 2.69. The van der Waals surface area contributed by atoms with Crippen LogP contribution in [-0.4, -0.2) is 65.8 Å². The van der Waals surface area contributed by atoms with E-state index in [1.165, 1.54) is 0 Å². The van der Waals surface area contributed by atoms with Crippen molar-refractivity contribution in [3.63, 3.8) is 0 Å². The smallest absolute Gasteiger partial charge is 0.407 e. The van der Waals surface area contributed by atoms with Crippen LogP contribution in [0.15, 0.2) is 0 Å². The highest BCUT2D eigenvalue weighted by atomic mass is 16.5. The Morgan fingerprint density at radius 3 is 2.24 bits per heavy atom. The number of nitrogens with two attached hydrogens (primary N) is 1. The molecule has 3 saturated carbocycles. The molecule has 4 aliphatic rings. The van der Waals surface area contributed by atoms with Crippen molar-refractivity contribution in [2.75, 3.05) is 13.2 Å². The minimum Gasteiger partial charge on any atom is -0.449 e. The van der Waals surface area contributed by atoms with Gasteiger partial charge >= 0.3 is 6.09 Å². The van der Waals surface area contributed by atoms with Crippen LogP contribution in [0, 0.1) is 35.0 Å². The molecule has 0 spiro atoms. The number of fused-ring (bicyclic) bond motifs is 1. The topological polar surface area (TPSA) is 148 Å². The van der Waals surface area contributed by atoms with Gasteiger partial charge in [-0.1, -0.05) is 59.8 Å². The monoisotopic (exact) mass is 532 g/mol. The lowest BCUT2D eigenvalue weighted by Gasteiger charge is -2.37. The van der Waals surface area contributed by atoms with Gasteiger partial charge in [0.2, 0.25) is 17.6 Å². The van der Waals surface area contributed by atoms with Gasteiger partial charge in [-0.15, -0.1) is 0 Å². The van der Waals surface area contributed by atoms with Gasteiger partial charge in [-0.2, -0.15) is 0 Å². The number of piperidine rings is 1. The van der Waals surface area contributed by atoms with Gasteiger partial charge in [0, 0.05) is 6.54 Å². The van der Waals surface area contributed by atoms with Gasteiger partial charge in [-0.3, -0.25) is 19.2 Å². The van der Waals surface area contributed by atoms with E-state index < -0.39 is 41.8 Å². The number of hydrogen-bond donors (Lipinski definition) is 3. The highest BCUT2D eigenvalue weighted by molar-refractivity contribution is 6.37. The Morgan fingerprint density at radius 1 is 1.00 bits per heavy atom. The van der Waals surface area contributed by atoms with Gasteiger partial charge in [0.25, 0.3) is 5.91 Å². The molecule has 4 amide bonds. The number of amides is 4. The summed E-state index contributed by atoms with van der Waals surface area (Å²) in [5.41, 5.74) is 5.15. The number of hydrogen-bond acceptors (Lipinski definition) is 6. The summed E-state index contributed by atoms with van der Waals surface area (Å²) in [7, 11) is 0. The standard InChI is InChI=1S/C28H44N4O6/c1-15(2)14-38-27(37)31-21(17-8-6-5-7-9-17)26(36)32-13-18-20(28(18,3)4)22(32)25(35)30-19(12-16-10-11-16)23(33)24(29)34/h15-22H,5-14H2,1-4H3,(H2,29,34)(H,30,35)(H,31,37)/t18-,19?,20-,21-,22-/m0/s1. The molecule has 1 saturated heterocycles. The number of nitrogens with zero attached hydrogens (tertiary/aromatic N) is 1. The molecule has 0 aromatic rings. The SMILES string of the molecule is CC(C)COC(=O)N[C@H](C(=O)N1C[C@H]2[C@@H]([C@H]1C(=O)NC(CC1CC1)C(=O)C(N)=O)C2(C)C)C1CCCCC1. The van der Waals surface area contributed by atoms with E-state index in [4.69, 9.17) is 10.5 Å². The third-order valence-corrected chi connectivity index (χ3v) is 9.11. The van der Waals surface area contributed by atoms with Crippen molar-refractivity contribution in [1.29, 1.82) is 0 Å². The molecule has 1 unspecified atom stereocenters. The lowest BCUT2D eigenvalue weighted by atomic mass is 9.83. The van der Waals surface area contributed by atoms with Gasteiger partial charge in [0.1, 0.15) is 12.1 Å². The number of nitrogens with one attached hydrogen (secondary N) is 2. The number of primary amides is 1. The van der Waals surface area contributed by atoms with E-state index in [9.17, 15) is 24.0 Å². The first-order valence-electron chi connectivity index (χ1n) is 14.3. The average Bonchev–Trinajstić information content (AvgIpc) is 3.72. The van der Waals surface area contributed by atoms with Crippen LogP contribution in [0.3, 0.4) is 0 Å². The number of alkyl carbamates (subject to hydrolysis) is 1. The molecule has 5 atom stereocenters. The average molecular weight is 533 g/mol. The van der Waals surface area contributed by atoms with Crippen LogP contribution < -0.4 is 16.4 Å². The van der Waals surface area contributed by atoms with Gasteiger partial charge < -0.3 is 26.0 Å². The van der Waals surface area contributed by atoms with Gasteiger partial charge in [-0.05, 0) is 54.3 Å². The summed E-state index contributed by atoms with van der Waals surface area (Å²) in [6.07, 6.45) is 6.36. The molecule has 10 heteroatoms. The van der Waals surface area contributed by atoms with Crippen molar-refractivity contribution >= 4 is 29.6 Å². The fourth-order valence-electron chi connectivity index (χ4n) is 6.60. The van der Waals surface area contributed by atoms with E-state index >= 15 is 0 Å². The second-order valence-electron chi connectivity index (χ2n) is 12.9. The largest absolute Gasteiger partial charge is 0.449 e. The second kappa shape index (κ2) is 11.2. The van der Waals surface area contributed by atoms with Crippen LogP contribution in [-0.2, 0) is 23.9 Å². The Bertz CT molecular complexity index is 955. The molecule has 38 heavy (non-hydrogen) atoms. The first kappa shape index (κ1) is 28.4. The van der Waals surface area contributed by atoms with Crippen molar-refractivity contribution in [1.82, 2.24) is 15.5 Å². The zero-order chi connectivity index (χ0) is 27.8. The lowest BCUT2D eigenvalue weighted by Crippen LogP contribution is -2.59. The summed E-state index contributed by atoms with van der Waals surface area (Å²) in [6, 6.07) is -2.53. The molecule has 10 nitrogen and oxygen atoms in total. The fraction of sp³-hybridized carbons (Fsp3) is 0.821. The van der Waals surface area contributed by atoms with Crippen LogP contribution in [0.1, 0.15) is 79.1 Å². The fourth-order valence-corrected chi connectivity index (χ4v) is 6.60. The van der Waals surface area contributed by atoms with Crippen molar-refractivity contribution in [3.05, 3.63) is 0 Å². The summed E-state index contributed by atoms with van der Waals surface area (Å²) in [6.45, 7) is 8.72. The molecule has 0 aromatic heterocycles. The summed E-state index contributed by atoms with van der Waals surface area (Å²) < 4.78 is 5.34. The highest BCUT2D eigenvalue weighted by Crippen LogP contribution is 2.65. The second-order valence-corrected chi connectivity index (χ2v) is 12.9. The number of rotatable bonds is 11. The van der Waals surface area contributed by atoms with E-state index in [-0.39, 0.29) is 47.5 Å². The molecule has 4 fully saturated rings. The normalized spacial score (nSPS) is 27.7. The molecule has 212 valence electrons. The summed E-state index contributed by atoms with van der Waals surface area (Å²) in [5, 5.41) is 5.63. The maximum Gasteiger partial charge on any atom is 0.407 e. The zero-order valence-electron chi connectivity index (χ0n) is 23.2. The summed E-state index contributed by atoms with van der Waals surface area (Å²) in [4.78, 5) is 66.2. The number of Topliss-reactive ketones (excluding diaryl/α,β-unsaturated/α-hetero) is 1. The number of carbonyl (C=O) groups is 5. The van der Waals surface area contributed by atoms with Crippen LogP contribution in [0.2, 0.25) is 0 Å². The van der Waals surface area contributed by atoms with Gasteiger partial charge in [0.15, 0.2) is 0 Å². The third kappa shape index (κ3) is 6.15. The predicted molar refractivity (Wildman–Crippen MR) is 139 cm³/mol. The van der Waals surface area contributed by atoms with Crippen LogP contribution in [0.5, 0.6) is 0 Å². The molecular formula is C28H44N4O6. The molecule has 0 bridgehead atoms. The van der Waals surface area contributed by atoms with Crippen molar-refractivity contribution in [3.8, 4) is 0 Å². The lowest BCUT2D eigenvalue weighted by molar-refractivity contribution is -0.144. The Kier molecular flexibility index (Phi) is 8.37. The van der Waals surface area contributed by atoms with Crippen LogP contribution >= 0.6 is 0 Å². The maximum absolute atomic E-state index is 14.1. The first-order chi connectivity index (χ1) is 17.9. The molecule has 4 N–H and O–H groups in total. The minimum absolute atomic E-state index is 0.0319. The zero-order valence-corrected chi connectivity index (χ0v) is 23.2. The molecular weight excluding hydrogens is 488 g/mol. The Labute approximate surface area is 225 Å². The first-order valence-corrected chi connectivity index (χ1v) is 14.3. The van der Waals surface area contributed by atoms with E-state index in [0.717, 1.165) is 44.9 Å². The molecule has 1 aliphatic heterocycles. The predicted octanol–water partition coefficient (Wildman–Crippen LogP) is 2.14. The Morgan fingerprint density at radius 2 is 1.66 bits per heavy atom. The van der Waals surface area contributed by atoms with E-state index in [0.29, 0.717) is 13.0 Å². The van der Waals surface area contributed by atoms with E-state index in [1.54, 1.807) is 4.90 Å². The molecule has 4 rings (SSSR count). The number of ether oxygens (including phenoxy) is 1. The maximum atomic E-state index is 14.1.